The van der Waals surface area contributed by atoms with Crippen molar-refractivity contribution in [1.29, 1.82) is 0 Å². The number of para-hydroxylation sites is 1. The Hall–Kier alpha value is -2.81. The van der Waals surface area contributed by atoms with Crippen molar-refractivity contribution in [3.63, 3.8) is 0 Å². The minimum Gasteiger partial charge on any atom is -0.496 e. The Morgan fingerprint density at radius 2 is 1.68 bits per heavy atom. The van der Waals surface area contributed by atoms with Gasteiger partial charge in [-0.2, -0.15) is 0 Å². The molecule has 0 saturated heterocycles. The third kappa shape index (κ3) is 4.38. The van der Waals surface area contributed by atoms with Gasteiger partial charge in [0.2, 0.25) is 0 Å². The van der Waals surface area contributed by atoms with Crippen molar-refractivity contribution in [2.45, 2.75) is 19.8 Å². The maximum absolute atomic E-state index is 13.1. The summed E-state index contributed by atoms with van der Waals surface area (Å²) in [5.41, 5.74) is 5.54. The molecule has 3 rings (SSSR count). The molecule has 0 spiro atoms. The maximum atomic E-state index is 13.1. The fraction of sp³-hybridized carbons (Fsp3) is 0.182. The molecule has 0 bridgehead atoms. The second-order valence-corrected chi connectivity index (χ2v) is 6.09. The summed E-state index contributed by atoms with van der Waals surface area (Å²) in [6.45, 7) is 2.07. The average molecular weight is 335 g/mol. The molecular formula is C22H22FNO. The molecule has 0 unspecified atom stereocenters. The van der Waals surface area contributed by atoms with Gasteiger partial charge >= 0.3 is 0 Å². The highest BCUT2D eigenvalue weighted by molar-refractivity contribution is 5.63. The van der Waals surface area contributed by atoms with Crippen molar-refractivity contribution < 1.29 is 9.13 Å². The minimum absolute atomic E-state index is 0.229. The van der Waals surface area contributed by atoms with Crippen LogP contribution in [-0.4, -0.2) is 7.11 Å². The highest BCUT2D eigenvalue weighted by Gasteiger charge is 2.05. The molecule has 0 saturated carbocycles. The Balaban J connectivity index is 1.73. The van der Waals surface area contributed by atoms with Crippen molar-refractivity contribution in [2.24, 2.45) is 0 Å². The lowest BCUT2D eigenvalue weighted by Crippen LogP contribution is -1.98. The van der Waals surface area contributed by atoms with Crippen molar-refractivity contribution >= 4 is 11.4 Å². The van der Waals surface area contributed by atoms with Gasteiger partial charge in [0.25, 0.3) is 0 Å². The fourth-order valence-corrected chi connectivity index (χ4v) is 2.84. The van der Waals surface area contributed by atoms with Crippen LogP contribution in [0.1, 0.15) is 16.7 Å². The SMILES string of the molecule is COc1ccccc1CCc1ccc(C)c(Nc2ccc(F)cc2)c1. The fourth-order valence-electron chi connectivity index (χ4n) is 2.84. The second-order valence-electron chi connectivity index (χ2n) is 6.09. The molecule has 3 heteroatoms. The van der Waals surface area contributed by atoms with E-state index in [-0.39, 0.29) is 5.82 Å². The first kappa shape index (κ1) is 17.0. The molecule has 1 N–H and O–H groups in total. The first-order valence-corrected chi connectivity index (χ1v) is 8.40. The number of benzene rings is 3. The van der Waals surface area contributed by atoms with Crippen molar-refractivity contribution in [3.05, 3.63) is 89.2 Å². The summed E-state index contributed by atoms with van der Waals surface area (Å²) < 4.78 is 18.5. The largest absolute Gasteiger partial charge is 0.496 e. The molecule has 0 atom stereocenters. The van der Waals surface area contributed by atoms with Gasteiger partial charge in [0.05, 0.1) is 7.11 Å². The quantitative estimate of drug-likeness (QED) is 0.626. The molecule has 0 fully saturated rings. The van der Waals surface area contributed by atoms with Gasteiger partial charge < -0.3 is 10.1 Å². The molecule has 0 aliphatic rings. The summed E-state index contributed by atoms with van der Waals surface area (Å²) in [5.74, 6) is 0.701. The summed E-state index contributed by atoms with van der Waals surface area (Å²) in [4.78, 5) is 0. The third-order valence-electron chi connectivity index (χ3n) is 4.30. The van der Waals surface area contributed by atoms with Gasteiger partial charge in [0.1, 0.15) is 11.6 Å². The van der Waals surface area contributed by atoms with Crippen LogP contribution in [0.15, 0.2) is 66.7 Å². The van der Waals surface area contributed by atoms with Gasteiger partial charge in [-0.3, -0.25) is 0 Å². The molecule has 2 nitrogen and oxygen atoms in total. The predicted octanol–water partition coefficient (Wildman–Crippen LogP) is 5.67. The van der Waals surface area contributed by atoms with E-state index >= 15 is 0 Å². The molecule has 0 aliphatic heterocycles. The molecule has 3 aromatic carbocycles. The zero-order valence-electron chi connectivity index (χ0n) is 14.6. The Labute approximate surface area is 148 Å². The molecule has 0 heterocycles. The highest BCUT2D eigenvalue weighted by Crippen LogP contribution is 2.24. The molecule has 3 aromatic rings. The summed E-state index contributed by atoms with van der Waals surface area (Å²) in [6.07, 6.45) is 1.85. The number of methoxy groups -OCH3 is 1. The van der Waals surface area contributed by atoms with Crippen LogP contribution in [0, 0.1) is 12.7 Å². The van der Waals surface area contributed by atoms with E-state index in [1.165, 1.54) is 23.3 Å². The Morgan fingerprint density at radius 1 is 0.920 bits per heavy atom. The molecule has 0 aromatic heterocycles. The number of hydrogen-bond acceptors (Lipinski definition) is 2. The number of rotatable bonds is 6. The first-order chi connectivity index (χ1) is 12.2. The zero-order chi connectivity index (χ0) is 17.6. The van der Waals surface area contributed by atoms with Gasteiger partial charge in [-0.25, -0.2) is 4.39 Å². The Bertz CT molecular complexity index is 843. The highest BCUT2D eigenvalue weighted by atomic mass is 19.1. The number of ether oxygens (including phenoxy) is 1. The molecular weight excluding hydrogens is 313 g/mol. The predicted molar refractivity (Wildman–Crippen MR) is 101 cm³/mol. The van der Waals surface area contributed by atoms with E-state index in [0.29, 0.717) is 0 Å². The molecule has 128 valence electrons. The number of halogens is 1. The maximum Gasteiger partial charge on any atom is 0.123 e. The number of anilines is 2. The van der Waals surface area contributed by atoms with Gasteiger partial charge in [0.15, 0.2) is 0 Å². The lowest BCUT2D eigenvalue weighted by Gasteiger charge is -2.13. The standard InChI is InChI=1S/C22H22FNO/c1-16-7-8-17(9-10-18-5-3-4-6-22(18)25-2)15-21(16)24-20-13-11-19(23)12-14-20/h3-8,11-15,24H,9-10H2,1-2H3. The van der Waals surface area contributed by atoms with E-state index in [9.17, 15) is 4.39 Å². The molecule has 25 heavy (non-hydrogen) atoms. The molecule has 0 radical (unpaired) electrons. The number of aryl methyl sites for hydroxylation is 3. The minimum atomic E-state index is -0.229. The Morgan fingerprint density at radius 3 is 2.44 bits per heavy atom. The summed E-state index contributed by atoms with van der Waals surface area (Å²) in [5, 5.41) is 3.37. The third-order valence-corrected chi connectivity index (χ3v) is 4.30. The van der Waals surface area contributed by atoms with E-state index in [0.717, 1.165) is 35.5 Å². The van der Waals surface area contributed by atoms with Crippen LogP contribution in [0.5, 0.6) is 5.75 Å². The lowest BCUT2D eigenvalue weighted by molar-refractivity contribution is 0.409. The van der Waals surface area contributed by atoms with E-state index in [2.05, 4.69) is 36.5 Å². The zero-order valence-corrected chi connectivity index (χ0v) is 14.6. The number of hydrogen-bond donors (Lipinski definition) is 1. The molecule has 0 amide bonds. The van der Waals surface area contributed by atoms with Gasteiger partial charge in [-0.05, 0) is 72.9 Å². The summed E-state index contributed by atoms with van der Waals surface area (Å²) >= 11 is 0. The smallest absolute Gasteiger partial charge is 0.123 e. The van der Waals surface area contributed by atoms with Gasteiger partial charge in [-0.15, -0.1) is 0 Å². The van der Waals surface area contributed by atoms with E-state index in [4.69, 9.17) is 4.74 Å². The average Bonchev–Trinajstić information content (AvgIpc) is 2.64. The monoisotopic (exact) mass is 335 g/mol. The van der Waals surface area contributed by atoms with Crippen LogP contribution >= 0.6 is 0 Å². The lowest BCUT2D eigenvalue weighted by atomic mass is 10.0. The topological polar surface area (TPSA) is 21.3 Å². The summed E-state index contributed by atoms with van der Waals surface area (Å²) in [6, 6.07) is 21.0. The van der Waals surface area contributed by atoms with Crippen LogP contribution in [-0.2, 0) is 12.8 Å². The van der Waals surface area contributed by atoms with Crippen LogP contribution in [0.2, 0.25) is 0 Å². The van der Waals surface area contributed by atoms with Gasteiger partial charge in [-0.1, -0.05) is 30.3 Å². The Kier molecular flexibility index (Phi) is 5.34. The summed E-state index contributed by atoms with van der Waals surface area (Å²) in [7, 11) is 1.70. The normalized spacial score (nSPS) is 10.5. The second kappa shape index (κ2) is 7.84. The van der Waals surface area contributed by atoms with Crippen LogP contribution in [0.3, 0.4) is 0 Å². The van der Waals surface area contributed by atoms with E-state index in [1.807, 2.05) is 18.2 Å². The molecule has 0 aliphatic carbocycles. The van der Waals surface area contributed by atoms with Crippen LogP contribution < -0.4 is 10.1 Å². The number of nitrogens with one attached hydrogen (secondary N) is 1. The van der Waals surface area contributed by atoms with Crippen molar-refractivity contribution in [1.82, 2.24) is 0 Å². The van der Waals surface area contributed by atoms with Crippen LogP contribution in [0.4, 0.5) is 15.8 Å². The van der Waals surface area contributed by atoms with E-state index < -0.39 is 0 Å². The van der Waals surface area contributed by atoms with Crippen molar-refractivity contribution in [2.75, 3.05) is 12.4 Å². The first-order valence-electron chi connectivity index (χ1n) is 8.40. The van der Waals surface area contributed by atoms with E-state index in [1.54, 1.807) is 19.2 Å². The van der Waals surface area contributed by atoms with Gasteiger partial charge in [0, 0.05) is 11.4 Å². The van der Waals surface area contributed by atoms with Crippen LogP contribution in [0.25, 0.3) is 0 Å². The van der Waals surface area contributed by atoms with Crippen molar-refractivity contribution in [3.8, 4) is 5.75 Å².